The van der Waals surface area contributed by atoms with Gasteiger partial charge in [-0.1, -0.05) is 12.1 Å². The molecule has 2 heterocycles. The standard InChI is InChI=1S/C20H24N4O2/c1-25-16-11-15(12-17(13-16)26-2)14-23-7-9-24(10-8-23)20-21-18-5-3-4-6-19(18)22-20/h3-6,11-13H,7-10,14H2,1-2H3,(H,21,22). The Kier molecular flexibility index (Phi) is 4.67. The second kappa shape index (κ2) is 7.25. The first-order chi connectivity index (χ1) is 12.7. The van der Waals surface area contributed by atoms with Crippen molar-refractivity contribution < 1.29 is 9.47 Å². The number of piperazine rings is 1. The highest BCUT2D eigenvalue weighted by molar-refractivity contribution is 5.77. The van der Waals surface area contributed by atoms with E-state index in [1.165, 1.54) is 5.56 Å². The molecule has 3 aromatic rings. The van der Waals surface area contributed by atoms with Gasteiger partial charge in [0.25, 0.3) is 0 Å². The maximum atomic E-state index is 5.37. The summed E-state index contributed by atoms with van der Waals surface area (Å²) in [7, 11) is 3.37. The molecule has 2 aromatic carbocycles. The van der Waals surface area contributed by atoms with E-state index in [9.17, 15) is 0 Å². The fourth-order valence-corrected chi connectivity index (χ4v) is 3.42. The Labute approximate surface area is 153 Å². The fraction of sp³-hybridized carbons (Fsp3) is 0.350. The summed E-state index contributed by atoms with van der Waals surface area (Å²) < 4.78 is 10.7. The molecule has 1 aliphatic rings. The average Bonchev–Trinajstić information content (AvgIpc) is 3.12. The highest BCUT2D eigenvalue weighted by Crippen LogP contribution is 2.24. The van der Waals surface area contributed by atoms with Crippen LogP contribution in [-0.4, -0.2) is 55.3 Å². The zero-order valence-electron chi connectivity index (χ0n) is 15.2. The summed E-state index contributed by atoms with van der Waals surface area (Å²) in [4.78, 5) is 12.9. The first-order valence-electron chi connectivity index (χ1n) is 8.89. The number of imidazole rings is 1. The summed E-state index contributed by atoms with van der Waals surface area (Å²) >= 11 is 0. The van der Waals surface area contributed by atoms with Crippen molar-refractivity contribution in [3.8, 4) is 11.5 Å². The van der Waals surface area contributed by atoms with E-state index in [1.807, 2.05) is 24.3 Å². The molecule has 4 rings (SSSR count). The molecular formula is C20H24N4O2. The Balaban J connectivity index is 1.40. The number of aromatic nitrogens is 2. The van der Waals surface area contributed by atoms with Gasteiger partial charge in [-0.05, 0) is 29.8 Å². The second-order valence-electron chi connectivity index (χ2n) is 6.56. The molecule has 1 aliphatic heterocycles. The van der Waals surface area contributed by atoms with E-state index in [1.54, 1.807) is 14.2 Å². The number of H-pyrrole nitrogens is 1. The van der Waals surface area contributed by atoms with Crippen molar-refractivity contribution >= 4 is 17.0 Å². The normalized spacial score (nSPS) is 15.4. The van der Waals surface area contributed by atoms with Crippen LogP contribution in [0.5, 0.6) is 11.5 Å². The van der Waals surface area contributed by atoms with Gasteiger partial charge in [0, 0.05) is 38.8 Å². The number of ether oxygens (including phenoxy) is 2. The van der Waals surface area contributed by atoms with Crippen LogP contribution >= 0.6 is 0 Å². The van der Waals surface area contributed by atoms with Crippen LogP contribution in [0.2, 0.25) is 0 Å². The third-order valence-corrected chi connectivity index (χ3v) is 4.87. The summed E-state index contributed by atoms with van der Waals surface area (Å²) in [6, 6.07) is 14.2. The van der Waals surface area contributed by atoms with Crippen molar-refractivity contribution in [1.29, 1.82) is 0 Å². The fourth-order valence-electron chi connectivity index (χ4n) is 3.42. The molecule has 1 fully saturated rings. The summed E-state index contributed by atoms with van der Waals surface area (Å²) in [6.07, 6.45) is 0. The lowest BCUT2D eigenvalue weighted by Crippen LogP contribution is -2.46. The smallest absolute Gasteiger partial charge is 0.203 e. The number of nitrogens with zero attached hydrogens (tertiary/aromatic N) is 3. The molecule has 0 unspecified atom stereocenters. The molecule has 0 atom stereocenters. The minimum absolute atomic E-state index is 0.834. The van der Waals surface area contributed by atoms with Crippen LogP contribution in [0.1, 0.15) is 5.56 Å². The van der Waals surface area contributed by atoms with Gasteiger partial charge in [0.2, 0.25) is 5.95 Å². The highest BCUT2D eigenvalue weighted by atomic mass is 16.5. The van der Waals surface area contributed by atoms with Gasteiger partial charge in [-0.15, -0.1) is 0 Å². The van der Waals surface area contributed by atoms with Gasteiger partial charge in [0.05, 0.1) is 25.3 Å². The lowest BCUT2D eigenvalue weighted by Gasteiger charge is -2.34. The molecule has 0 saturated carbocycles. The average molecular weight is 352 g/mol. The van der Waals surface area contributed by atoms with E-state index in [2.05, 4.69) is 33.0 Å². The Morgan fingerprint density at radius 2 is 1.65 bits per heavy atom. The highest BCUT2D eigenvalue weighted by Gasteiger charge is 2.20. The molecule has 0 spiro atoms. The van der Waals surface area contributed by atoms with E-state index in [0.717, 1.165) is 61.2 Å². The first kappa shape index (κ1) is 16.7. The van der Waals surface area contributed by atoms with E-state index in [4.69, 9.17) is 14.5 Å². The molecule has 6 heteroatoms. The Morgan fingerprint density at radius 3 is 2.31 bits per heavy atom. The predicted molar refractivity (Wildman–Crippen MR) is 103 cm³/mol. The number of hydrogen-bond donors (Lipinski definition) is 1. The minimum atomic E-state index is 0.834. The van der Waals surface area contributed by atoms with Gasteiger partial charge in [-0.25, -0.2) is 4.98 Å². The number of para-hydroxylation sites is 2. The molecular weight excluding hydrogens is 328 g/mol. The van der Waals surface area contributed by atoms with Gasteiger partial charge in [0.1, 0.15) is 11.5 Å². The number of fused-ring (bicyclic) bond motifs is 1. The zero-order chi connectivity index (χ0) is 17.9. The number of methoxy groups -OCH3 is 2. The van der Waals surface area contributed by atoms with Crippen LogP contribution in [0.4, 0.5) is 5.95 Å². The summed E-state index contributed by atoms with van der Waals surface area (Å²) in [6.45, 7) is 4.80. The third-order valence-electron chi connectivity index (χ3n) is 4.87. The summed E-state index contributed by atoms with van der Waals surface area (Å²) in [5.41, 5.74) is 3.32. The van der Waals surface area contributed by atoms with Gasteiger partial charge in [0.15, 0.2) is 0 Å². The van der Waals surface area contributed by atoms with Crippen molar-refractivity contribution in [1.82, 2.24) is 14.9 Å². The van der Waals surface area contributed by atoms with Crippen molar-refractivity contribution in [3.05, 3.63) is 48.0 Å². The third kappa shape index (κ3) is 3.46. The number of aromatic amines is 1. The lowest BCUT2D eigenvalue weighted by molar-refractivity contribution is 0.248. The van der Waals surface area contributed by atoms with Gasteiger partial charge < -0.3 is 19.4 Å². The van der Waals surface area contributed by atoms with Crippen molar-refractivity contribution in [3.63, 3.8) is 0 Å². The molecule has 0 amide bonds. The second-order valence-corrected chi connectivity index (χ2v) is 6.56. The minimum Gasteiger partial charge on any atom is -0.497 e. The first-order valence-corrected chi connectivity index (χ1v) is 8.89. The molecule has 6 nitrogen and oxygen atoms in total. The molecule has 0 aliphatic carbocycles. The maximum Gasteiger partial charge on any atom is 0.203 e. The van der Waals surface area contributed by atoms with E-state index in [0.29, 0.717) is 0 Å². The Hall–Kier alpha value is -2.73. The van der Waals surface area contributed by atoms with E-state index in [-0.39, 0.29) is 0 Å². The number of benzene rings is 2. The predicted octanol–water partition coefficient (Wildman–Crippen LogP) is 2.90. The Morgan fingerprint density at radius 1 is 0.962 bits per heavy atom. The van der Waals surface area contributed by atoms with Crippen molar-refractivity contribution in [2.24, 2.45) is 0 Å². The van der Waals surface area contributed by atoms with E-state index < -0.39 is 0 Å². The van der Waals surface area contributed by atoms with Gasteiger partial charge in [-0.2, -0.15) is 0 Å². The van der Waals surface area contributed by atoms with Gasteiger partial charge >= 0.3 is 0 Å². The Bertz CT molecular complexity index is 829. The number of nitrogens with one attached hydrogen (secondary N) is 1. The topological polar surface area (TPSA) is 53.6 Å². The molecule has 0 bridgehead atoms. The van der Waals surface area contributed by atoms with Crippen molar-refractivity contribution in [2.45, 2.75) is 6.54 Å². The lowest BCUT2D eigenvalue weighted by atomic mass is 10.1. The zero-order valence-corrected chi connectivity index (χ0v) is 15.2. The monoisotopic (exact) mass is 352 g/mol. The summed E-state index contributed by atoms with van der Waals surface area (Å²) in [5.74, 6) is 2.63. The molecule has 136 valence electrons. The summed E-state index contributed by atoms with van der Waals surface area (Å²) in [5, 5.41) is 0. The quantitative estimate of drug-likeness (QED) is 0.765. The van der Waals surface area contributed by atoms with Crippen LogP contribution < -0.4 is 14.4 Å². The number of rotatable bonds is 5. The largest absolute Gasteiger partial charge is 0.497 e. The molecule has 1 saturated heterocycles. The molecule has 1 N–H and O–H groups in total. The van der Waals surface area contributed by atoms with E-state index >= 15 is 0 Å². The van der Waals surface area contributed by atoms with Crippen LogP contribution in [0.25, 0.3) is 11.0 Å². The maximum absolute atomic E-state index is 5.37. The molecule has 26 heavy (non-hydrogen) atoms. The number of hydrogen-bond acceptors (Lipinski definition) is 5. The number of anilines is 1. The van der Waals surface area contributed by atoms with Gasteiger partial charge in [-0.3, -0.25) is 4.90 Å². The van der Waals surface area contributed by atoms with Crippen LogP contribution in [0.3, 0.4) is 0 Å². The van der Waals surface area contributed by atoms with Crippen LogP contribution in [0, 0.1) is 0 Å². The molecule has 1 aromatic heterocycles. The van der Waals surface area contributed by atoms with Crippen LogP contribution in [-0.2, 0) is 6.54 Å². The molecule has 0 radical (unpaired) electrons. The SMILES string of the molecule is COc1cc(CN2CCN(c3nc4ccccc4[nH]3)CC2)cc(OC)c1. The van der Waals surface area contributed by atoms with Crippen LogP contribution in [0.15, 0.2) is 42.5 Å². The van der Waals surface area contributed by atoms with Crippen molar-refractivity contribution in [2.75, 3.05) is 45.3 Å².